The number of methoxy groups -OCH3 is 1. The number of rotatable bonds is 3. The summed E-state index contributed by atoms with van der Waals surface area (Å²) in [6, 6.07) is 0. The molecule has 0 aliphatic carbocycles. The molecule has 0 rings (SSSR count). The van der Waals surface area contributed by atoms with Gasteiger partial charge in [-0.15, -0.1) is 0 Å². The zero-order valence-corrected chi connectivity index (χ0v) is 4.09. The second-order valence-electron chi connectivity index (χ2n) is 0.859. The number of hydroxylamine groups is 1. The van der Waals surface area contributed by atoms with Gasteiger partial charge in [-0.2, -0.15) is 0 Å². The van der Waals surface area contributed by atoms with E-state index < -0.39 is 0 Å². The first-order chi connectivity index (χ1) is 3.41. The van der Waals surface area contributed by atoms with Gasteiger partial charge >= 0.3 is 0 Å². The van der Waals surface area contributed by atoms with E-state index in [1.165, 1.54) is 7.11 Å². The molecule has 0 aliphatic rings. The number of hydrogen-bond acceptors (Lipinski definition) is 3. The van der Waals surface area contributed by atoms with Gasteiger partial charge in [0.05, 0.1) is 0 Å². The van der Waals surface area contributed by atoms with E-state index in [2.05, 4.69) is 9.73 Å². The first-order valence-electron chi connectivity index (χ1n) is 1.78. The van der Waals surface area contributed by atoms with Crippen LogP contribution in [0.5, 0.6) is 0 Å². The Bertz CT molecular complexity index is 54.9. The minimum Gasteiger partial charge on any atom is -0.362 e. The van der Waals surface area contributed by atoms with Crippen molar-refractivity contribution in [2.24, 2.45) is 4.99 Å². The van der Waals surface area contributed by atoms with Gasteiger partial charge < -0.3 is 4.74 Å². The first kappa shape index (κ1) is 6.39. The maximum atomic E-state index is 7.84. The number of ether oxygens (including phenoxy) is 1. The maximum Gasteiger partial charge on any atom is 0.138 e. The zero-order valence-electron chi connectivity index (χ0n) is 4.09. The van der Waals surface area contributed by atoms with Crippen molar-refractivity contribution >= 4 is 6.34 Å². The maximum absolute atomic E-state index is 7.84. The molecule has 0 saturated heterocycles. The van der Waals surface area contributed by atoms with E-state index in [1.54, 1.807) is 5.48 Å². The standard InChI is InChI=1S/C3H8N2O2/c1-7-3-4-2-5-6/h2,6H,3H2,1H3,(H,4,5). The Kier molecular flexibility index (Phi) is 4.92. The number of nitrogens with one attached hydrogen (secondary N) is 1. The van der Waals surface area contributed by atoms with Crippen molar-refractivity contribution < 1.29 is 9.94 Å². The molecule has 0 aromatic carbocycles. The fourth-order valence-electron chi connectivity index (χ4n) is 0.153. The van der Waals surface area contributed by atoms with Gasteiger partial charge in [0.1, 0.15) is 13.1 Å². The van der Waals surface area contributed by atoms with Gasteiger partial charge in [-0.1, -0.05) is 0 Å². The van der Waals surface area contributed by atoms with Crippen molar-refractivity contribution in [3.63, 3.8) is 0 Å². The highest BCUT2D eigenvalue weighted by Gasteiger charge is 1.65. The molecule has 0 saturated carbocycles. The Balaban J connectivity index is 2.78. The summed E-state index contributed by atoms with van der Waals surface area (Å²) in [6.07, 6.45) is 1.14. The lowest BCUT2D eigenvalue weighted by Crippen LogP contribution is -2.02. The molecule has 4 heteroatoms. The molecule has 0 aromatic heterocycles. The van der Waals surface area contributed by atoms with Crippen molar-refractivity contribution in [3.05, 3.63) is 0 Å². The highest BCUT2D eigenvalue weighted by molar-refractivity contribution is 5.51. The number of aliphatic imine (C=N–C) groups is 1. The van der Waals surface area contributed by atoms with Gasteiger partial charge in [-0.25, -0.2) is 4.99 Å². The van der Waals surface area contributed by atoms with Crippen LogP contribution in [-0.2, 0) is 4.74 Å². The lowest BCUT2D eigenvalue weighted by atomic mass is 11.2. The third-order valence-electron chi connectivity index (χ3n) is 0.353. The van der Waals surface area contributed by atoms with Crippen LogP contribution < -0.4 is 5.48 Å². The van der Waals surface area contributed by atoms with Crippen molar-refractivity contribution in [2.45, 2.75) is 0 Å². The summed E-state index contributed by atoms with van der Waals surface area (Å²) >= 11 is 0. The third kappa shape index (κ3) is 5.39. The van der Waals surface area contributed by atoms with Crippen LogP contribution in [-0.4, -0.2) is 25.4 Å². The van der Waals surface area contributed by atoms with E-state index in [-0.39, 0.29) is 6.73 Å². The summed E-state index contributed by atoms with van der Waals surface area (Å²) < 4.78 is 4.49. The van der Waals surface area contributed by atoms with E-state index in [1.807, 2.05) is 0 Å². The minimum absolute atomic E-state index is 0.271. The molecular weight excluding hydrogens is 96.0 g/mol. The Morgan fingerprint density at radius 1 is 2.00 bits per heavy atom. The molecule has 0 spiro atoms. The molecule has 0 heterocycles. The molecule has 4 nitrogen and oxygen atoms in total. The smallest absolute Gasteiger partial charge is 0.138 e. The molecule has 0 aromatic rings. The van der Waals surface area contributed by atoms with Crippen LogP contribution in [0.1, 0.15) is 0 Å². The molecule has 0 bridgehead atoms. The molecule has 42 valence electrons. The lowest BCUT2D eigenvalue weighted by Gasteiger charge is -1.85. The van der Waals surface area contributed by atoms with Gasteiger partial charge in [-0.3, -0.25) is 10.7 Å². The van der Waals surface area contributed by atoms with Gasteiger partial charge in [-0.05, 0) is 0 Å². The van der Waals surface area contributed by atoms with Crippen molar-refractivity contribution in [1.29, 1.82) is 0 Å². The molecule has 7 heavy (non-hydrogen) atoms. The summed E-state index contributed by atoms with van der Waals surface area (Å²) in [5, 5.41) is 7.84. The van der Waals surface area contributed by atoms with Crippen molar-refractivity contribution in [1.82, 2.24) is 5.48 Å². The van der Waals surface area contributed by atoms with Gasteiger partial charge in [0.2, 0.25) is 0 Å². The van der Waals surface area contributed by atoms with Crippen molar-refractivity contribution in [3.8, 4) is 0 Å². The normalized spacial score (nSPS) is 10.0. The molecule has 2 N–H and O–H groups in total. The van der Waals surface area contributed by atoms with E-state index in [9.17, 15) is 0 Å². The summed E-state index contributed by atoms with van der Waals surface area (Å²) in [5.41, 5.74) is 1.73. The topological polar surface area (TPSA) is 53.8 Å². The van der Waals surface area contributed by atoms with E-state index in [0.717, 1.165) is 6.34 Å². The number of nitrogens with zero attached hydrogens (tertiary/aromatic N) is 1. The Morgan fingerprint density at radius 3 is 3.14 bits per heavy atom. The van der Waals surface area contributed by atoms with Crippen LogP contribution >= 0.6 is 0 Å². The quantitative estimate of drug-likeness (QED) is 0.291. The fraction of sp³-hybridized carbons (Fsp3) is 0.667. The van der Waals surface area contributed by atoms with E-state index in [0.29, 0.717) is 0 Å². The van der Waals surface area contributed by atoms with Crippen LogP contribution in [0.2, 0.25) is 0 Å². The molecule has 0 radical (unpaired) electrons. The van der Waals surface area contributed by atoms with Crippen molar-refractivity contribution in [2.75, 3.05) is 13.8 Å². The average molecular weight is 104 g/mol. The lowest BCUT2D eigenvalue weighted by molar-refractivity contribution is 0.204. The van der Waals surface area contributed by atoms with Crippen LogP contribution in [0.15, 0.2) is 4.99 Å². The highest BCUT2D eigenvalue weighted by atomic mass is 16.5. The third-order valence-corrected chi connectivity index (χ3v) is 0.353. The average Bonchev–Trinajstić information content (AvgIpc) is 1.69. The predicted octanol–water partition coefficient (Wildman–Crippen LogP) is -0.403. The molecule has 0 fully saturated rings. The Morgan fingerprint density at radius 2 is 2.71 bits per heavy atom. The molecule has 0 aliphatic heterocycles. The largest absolute Gasteiger partial charge is 0.362 e. The summed E-state index contributed by atoms with van der Waals surface area (Å²) in [6.45, 7) is 0.271. The fourth-order valence-corrected chi connectivity index (χ4v) is 0.153. The van der Waals surface area contributed by atoms with Crippen LogP contribution in [0, 0.1) is 0 Å². The molecular formula is C3H8N2O2. The molecule has 0 atom stereocenters. The predicted molar refractivity (Wildman–Crippen MR) is 25.3 cm³/mol. The van der Waals surface area contributed by atoms with Crippen LogP contribution in [0.4, 0.5) is 0 Å². The Labute approximate surface area is 41.8 Å². The van der Waals surface area contributed by atoms with Gasteiger partial charge in [0.25, 0.3) is 0 Å². The summed E-state index contributed by atoms with van der Waals surface area (Å²) in [4.78, 5) is 3.50. The Hall–Kier alpha value is -0.610. The summed E-state index contributed by atoms with van der Waals surface area (Å²) in [5.74, 6) is 0. The summed E-state index contributed by atoms with van der Waals surface area (Å²) in [7, 11) is 1.52. The first-order valence-corrected chi connectivity index (χ1v) is 1.78. The minimum atomic E-state index is 0.271. The van der Waals surface area contributed by atoms with Gasteiger partial charge in [0, 0.05) is 7.11 Å². The van der Waals surface area contributed by atoms with E-state index in [4.69, 9.17) is 5.21 Å². The van der Waals surface area contributed by atoms with Crippen LogP contribution in [0.3, 0.4) is 0 Å². The number of hydrogen-bond donors (Lipinski definition) is 2. The second kappa shape index (κ2) is 5.39. The zero-order chi connectivity index (χ0) is 5.54. The van der Waals surface area contributed by atoms with Gasteiger partial charge in [0.15, 0.2) is 0 Å². The monoisotopic (exact) mass is 104 g/mol. The van der Waals surface area contributed by atoms with Crippen LogP contribution in [0.25, 0.3) is 0 Å². The highest BCUT2D eigenvalue weighted by Crippen LogP contribution is 1.62. The molecule has 0 amide bonds. The SMILES string of the molecule is COCN=CNO. The second-order valence-corrected chi connectivity index (χ2v) is 0.859. The molecule has 0 unspecified atom stereocenters. The van der Waals surface area contributed by atoms with E-state index >= 15 is 0 Å².